The van der Waals surface area contributed by atoms with Gasteiger partial charge in [0.25, 0.3) is 0 Å². The van der Waals surface area contributed by atoms with Crippen molar-refractivity contribution in [3.05, 3.63) is 44.8 Å². The SMILES string of the molecule is O=C(O)c1cc2c(NCc3ccc(Cl)cc3Cl)nc(N3CCC(CCN4CCCC4)CC3)nc2s1. The first kappa shape index (κ1) is 24.6. The molecular weight excluding hydrogens is 505 g/mol. The quantitative estimate of drug-likeness (QED) is 0.366. The number of likely N-dealkylation sites (tertiary alicyclic amines) is 1. The highest BCUT2D eigenvalue weighted by Gasteiger charge is 2.24. The van der Waals surface area contributed by atoms with Crippen molar-refractivity contribution in [1.29, 1.82) is 0 Å². The number of fused-ring (bicyclic) bond motifs is 1. The minimum Gasteiger partial charge on any atom is -0.477 e. The van der Waals surface area contributed by atoms with Gasteiger partial charge in [0.2, 0.25) is 5.95 Å². The Morgan fingerprint density at radius 3 is 2.60 bits per heavy atom. The summed E-state index contributed by atoms with van der Waals surface area (Å²) in [6.45, 7) is 5.98. The van der Waals surface area contributed by atoms with E-state index in [9.17, 15) is 9.90 Å². The maximum atomic E-state index is 11.6. The Labute approximate surface area is 219 Å². The number of carboxylic acid groups (broad SMARTS) is 1. The number of nitrogens with one attached hydrogen (secondary N) is 1. The van der Waals surface area contributed by atoms with Gasteiger partial charge in [0.15, 0.2) is 0 Å². The van der Waals surface area contributed by atoms with Crippen molar-refractivity contribution in [2.45, 2.75) is 38.6 Å². The molecule has 0 spiro atoms. The fraction of sp³-hybridized carbons (Fsp3) is 0.480. The second-order valence-electron chi connectivity index (χ2n) is 9.36. The highest BCUT2D eigenvalue weighted by Crippen LogP contribution is 2.33. The number of halogens is 2. The van der Waals surface area contributed by atoms with E-state index in [1.807, 2.05) is 6.07 Å². The van der Waals surface area contributed by atoms with Gasteiger partial charge in [-0.2, -0.15) is 4.98 Å². The number of aromatic carboxylic acids is 1. The summed E-state index contributed by atoms with van der Waals surface area (Å²) in [4.78, 5) is 26.9. The normalized spacial score (nSPS) is 17.4. The molecule has 2 aliphatic rings. The van der Waals surface area contributed by atoms with Crippen molar-refractivity contribution >= 4 is 62.5 Å². The number of benzene rings is 1. The molecule has 2 aliphatic heterocycles. The predicted octanol–water partition coefficient (Wildman–Crippen LogP) is 6.01. The van der Waals surface area contributed by atoms with Crippen molar-refractivity contribution < 1.29 is 9.90 Å². The van der Waals surface area contributed by atoms with Crippen LogP contribution in [-0.4, -0.2) is 58.7 Å². The van der Waals surface area contributed by atoms with Gasteiger partial charge in [0.1, 0.15) is 15.5 Å². The number of anilines is 2. The van der Waals surface area contributed by atoms with Gasteiger partial charge in [-0.1, -0.05) is 29.3 Å². The molecule has 0 radical (unpaired) electrons. The Balaban J connectivity index is 1.32. The summed E-state index contributed by atoms with van der Waals surface area (Å²) in [6.07, 6.45) is 6.19. The molecule has 4 heterocycles. The minimum atomic E-state index is -0.958. The standard InChI is InChI=1S/C25H29Cl2N5O2S/c26-18-4-3-17(20(27)13-18)15-28-22-19-14-21(24(33)34)35-23(19)30-25(29-22)32-11-6-16(7-12-32)5-10-31-8-1-2-9-31/h3-4,13-14,16H,1-2,5-12,15H2,(H,33,34)(H,28,29,30). The third-order valence-electron chi connectivity index (χ3n) is 7.00. The number of rotatable bonds is 8. The molecule has 7 nitrogen and oxygen atoms in total. The summed E-state index contributed by atoms with van der Waals surface area (Å²) in [5.74, 6) is 1.05. The van der Waals surface area contributed by atoms with Crippen LogP contribution in [0.3, 0.4) is 0 Å². The number of carboxylic acids is 1. The Bertz CT molecular complexity index is 1210. The van der Waals surface area contributed by atoms with Gasteiger partial charge in [0.05, 0.1) is 5.39 Å². The molecule has 2 N–H and O–H groups in total. The third-order valence-corrected chi connectivity index (χ3v) is 8.61. The van der Waals surface area contributed by atoms with E-state index in [0.717, 1.165) is 37.4 Å². The summed E-state index contributed by atoms with van der Waals surface area (Å²) < 4.78 is 0. The van der Waals surface area contributed by atoms with Crippen LogP contribution in [0.25, 0.3) is 10.2 Å². The fourth-order valence-electron chi connectivity index (χ4n) is 4.93. The highest BCUT2D eigenvalue weighted by atomic mass is 35.5. The van der Waals surface area contributed by atoms with E-state index in [0.29, 0.717) is 38.6 Å². The first-order chi connectivity index (χ1) is 17.0. The molecule has 0 unspecified atom stereocenters. The lowest BCUT2D eigenvalue weighted by atomic mass is 9.93. The molecule has 0 saturated carbocycles. The molecule has 2 saturated heterocycles. The molecule has 10 heteroatoms. The lowest BCUT2D eigenvalue weighted by Crippen LogP contribution is -2.36. The first-order valence-electron chi connectivity index (χ1n) is 12.2. The van der Waals surface area contributed by atoms with E-state index in [4.69, 9.17) is 33.2 Å². The van der Waals surface area contributed by atoms with Gasteiger partial charge in [0, 0.05) is 29.7 Å². The van der Waals surface area contributed by atoms with Crippen LogP contribution in [0, 0.1) is 5.92 Å². The summed E-state index contributed by atoms with van der Waals surface area (Å²) in [5, 5.41) is 14.7. The van der Waals surface area contributed by atoms with Crippen LogP contribution in [0.2, 0.25) is 10.0 Å². The van der Waals surface area contributed by atoms with Crippen molar-refractivity contribution in [2.75, 3.05) is 42.9 Å². The molecule has 0 aliphatic carbocycles. The average molecular weight is 535 g/mol. The third kappa shape index (κ3) is 5.82. The summed E-state index contributed by atoms with van der Waals surface area (Å²) in [6, 6.07) is 7.03. The number of nitrogens with zero attached hydrogens (tertiary/aromatic N) is 4. The number of piperidine rings is 1. The van der Waals surface area contributed by atoms with Gasteiger partial charge >= 0.3 is 5.97 Å². The van der Waals surface area contributed by atoms with Crippen LogP contribution in [0.5, 0.6) is 0 Å². The Hall–Kier alpha value is -2.13. The van der Waals surface area contributed by atoms with E-state index in [1.54, 1.807) is 18.2 Å². The summed E-state index contributed by atoms with van der Waals surface area (Å²) >= 11 is 13.6. The molecule has 35 heavy (non-hydrogen) atoms. The molecular formula is C25H29Cl2N5O2S. The van der Waals surface area contributed by atoms with E-state index in [2.05, 4.69) is 15.1 Å². The van der Waals surface area contributed by atoms with Crippen molar-refractivity contribution in [2.24, 2.45) is 5.92 Å². The monoisotopic (exact) mass is 533 g/mol. The zero-order valence-corrected chi connectivity index (χ0v) is 21.8. The lowest BCUT2D eigenvalue weighted by molar-refractivity contribution is 0.0702. The number of hydrogen-bond donors (Lipinski definition) is 2. The Kier molecular flexibility index (Phi) is 7.62. The van der Waals surface area contributed by atoms with Crippen LogP contribution < -0.4 is 10.2 Å². The molecule has 0 bridgehead atoms. The first-order valence-corrected chi connectivity index (χ1v) is 13.7. The number of hydrogen-bond acceptors (Lipinski definition) is 7. The second-order valence-corrected chi connectivity index (χ2v) is 11.2. The molecule has 2 fully saturated rings. The Morgan fingerprint density at radius 2 is 1.89 bits per heavy atom. The largest absolute Gasteiger partial charge is 0.477 e. The van der Waals surface area contributed by atoms with Crippen LogP contribution in [-0.2, 0) is 6.54 Å². The smallest absolute Gasteiger partial charge is 0.345 e. The van der Waals surface area contributed by atoms with Crippen molar-refractivity contribution in [1.82, 2.24) is 14.9 Å². The zero-order chi connectivity index (χ0) is 24.4. The maximum Gasteiger partial charge on any atom is 0.345 e. The van der Waals surface area contributed by atoms with Crippen molar-refractivity contribution in [3.8, 4) is 0 Å². The average Bonchev–Trinajstić information content (AvgIpc) is 3.52. The van der Waals surface area contributed by atoms with Gasteiger partial charge in [-0.3, -0.25) is 0 Å². The van der Waals surface area contributed by atoms with Crippen LogP contribution in [0.1, 0.15) is 47.3 Å². The Morgan fingerprint density at radius 1 is 1.11 bits per heavy atom. The zero-order valence-electron chi connectivity index (χ0n) is 19.5. The second kappa shape index (κ2) is 10.9. The van der Waals surface area contributed by atoms with Gasteiger partial charge in [-0.05, 0) is 81.4 Å². The van der Waals surface area contributed by atoms with Gasteiger partial charge in [-0.25, -0.2) is 9.78 Å². The predicted molar refractivity (Wildman–Crippen MR) is 143 cm³/mol. The number of aromatic nitrogens is 2. The molecule has 0 atom stereocenters. The van der Waals surface area contributed by atoms with Crippen LogP contribution in [0.15, 0.2) is 24.3 Å². The molecule has 2 aromatic heterocycles. The maximum absolute atomic E-state index is 11.6. The molecule has 0 amide bonds. The van der Waals surface area contributed by atoms with E-state index >= 15 is 0 Å². The summed E-state index contributed by atoms with van der Waals surface area (Å²) in [5.41, 5.74) is 0.886. The number of thiophene rings is 1. The highest BCUT2D eigenvalue weighted by molar-refractivity contribution is 7.20. The van der Waals surface area contributed by atoms with Crippen LogP contribution in [0.4, 0.5) is 11.8 Å². The van der Waals surface area contributed by atoms with Crippen molar-refractivity contribution in [3.63, 3.8) is 0 Å². The molecule has 5 rings (SSSR count). The topological polar surface area (TPSA) is 81.6 Å². The molecule has 1 aromatic carbocycles. The fourth-order valence-corrected chi connectivity index (χ4v) is 6.27. The van der Waals surface area contributed by atoms with Gasteiger partial charge < -0.3 is 20.2 Å². The lowest BCUT2D eigenvalue weighted by Gasteiger charge is -2.33. The summed E-state index contributed by atoms with van der Waals surface area (Å²) in [7, 11) is 0. The van der Waals surface area contributed by atoms with Gasteiger partial charge in [-0.15, -0.1) is 11.3 Å². The molecule has 3 aromatic rings. The van der Waals surface area contributed by atoms with Crippen LogP contribution >= 0.6 is 34.5 Å². The van der Waals surface area contributed by atoms with E-state index in [1.165, 1.54) is 50.2 Å². The van der Waals surface area contributed by atoms with E-state index in [-0.39, 0.29) is 4.88 Å². The van der Waals surface area contributed by atoms with E-state index < -0.39 is 5.97 Å². The number of carbonyl (C=O) groups is 1. The minimum absolute atomic E-state index is 0.250. The molecule has 186 valence electrons.